The van der Waals surface area contributed by atoms with Crippen LogP contribution >= 0.6 is 0 Å². The van der Waals surface area contributed by atoms with Gasteiger partial charge in [0, 0.05) is 26.2 Å². The smallest absolute Gasteiger partial charge is 0.309 e. The monoisotopic (exact) mass is 353 g/mol. The minimum atomic E-state index is -0.660. The third-order valence-electron chi connectivity index (χ3n) is 4.54. The number of carbonyl (C=O) groups is 2. The van der Waals surface area contributed by atoms with Gasteiger partial charge in [-0.1, -0.05) is 30.3 Å². The standard InChI is InChI=1S/C20H23N3O3/c1-2-10-21-19(24)20(25)22-13-17(18-8-5-12-26-18)23-11-9-15-6-3-4-7-16(15)14-23/h2-8,12,17H,1,9-11,13-14H2,(H,21,24)(H,22,25)/t17-/m0/s1. The zero-order valence-corrected chi connectivity index (χ0v) is 14.6. The van der Waals surface area contributed by atoms with Crippen LogP contribution in [0.4, 0.5) is 0 Å². The van der Waals surface area contributed by atoms with E-state index in [1.165, 1.54) is 17.2 Å². The maximum absolute atomic E-state index is 12.0. The van der Waals surface area contributed by atoms with E-state index in [9.17, 15) is 9.59 Å². The molecule has 6 heteroatoms. The fourth-order valence-corrected chi connectivity index (χ4v) is 3.19. The van der Waals surface area contributed by atoms with E-state index in [0.29, 0.717) is 6.54 Å². The molecule has 2 heterocycles. The maximum atomic E-state index is 12.0. The lowest BCUT2D eigenvalue weighted by Crippen LogP contribution is -2.45. The molecule has 6 nitrogen and oxygen atoms in total. The summed E-state index contributed by atoms with van der Waals surface area (Å²) in [7, 11) is 0. The first-order chi connectivity index (χ1) is 12.7. The highest BCUT2D eigenvalue weighted by molar-refractivity contribution is 6.35. The molecule has 136 valence electrons. The van der Waals surface area contributed by atoms with Gasteiger partial charge in [0.2, 0.25) is 0 Å². The van der Waals surface area contributed by atoms with E-state index in [1.807, 2.05) is 18.2 Å². The topological polar surface area (TPSA) is 74.6 Å². The van der Waals surface area contributed by atoms with Crippen LogP contribution in [-0.2, 0) is 22.6 Å². The van der Waals surface area contributed by atoms with Gasteiger partial charge in [0.15, 0.2) is 0 Å². The van der Waals surface area contributed by atoms with Crippen LogP contribution in [0, 0.1) is 0 Å². The third kappa shape index (κ3) is 4.21. The van der Waals surface area contributed by atoms with Crippen LogP contribution in [0.1, 0.15) is 22.9 Å². The number of benzene rings is 1. The van der Waals surface area contributed by atoms with Gasteiger partial charge >= 0.3 is 11.8 Å². The van der Waals surface area contributed by atoms with Crippen LogP contribution in [0.25, 0.3) is 0 Å². The number of hydrogen-bond donors (Lipinski definition) is 2. The molecule has 0 fully saturated rings. The van der Waals surface area contributed by atoms with Gasteiger partial charge in [-0.05, 0) is 29.7 Å². The van der Waals surface area contributed by atoms with Crippen molar-refractivity contribution in [2.75, 3.05) is 19.6 Å². The van der Waals surface area contributed by atoms with Gasteiger partial charge in [-0.2, -0.15) is 0 Å². The summed E-state index contributed by atoms with van der Waals surface area (Å²) < 4.78 is 5.59. The number of hydrogen-bond acceptors (Lipinski definition) is 4. The number of furan rings is 1. The molecule has 0 bridgehead atoms. The minimum Gasteiger partial charge on any atom is -0.468 e. The Morgan fingerprint density at radius 3 is 2.65 bits per heavy atom. The highest BCUT2D eigenvalue weighted by atomic mass is 16.3. The van der Waals surface area contributed by atoms with E-state index >= 15 is 0 Å². The van der Waals surface area contributed by atoms with Gasteiger partial charge < -0.3 is 15.1 Å². The lowest BCUT2D eigenvalue weighted by Gasteiger charge is -2.34. The Morgan fingerprint density at radius 1 is 1.15 bits per heavy atom. The normalized spacial score (nSPS) is 14.9. The molecule has 1 aliphatic heterocycles. The minimum absolute atomic E-state index is 0.130. The summed E-state index contributed by atoms with van der Waals surface area (Å²) in [5, 5.41) is 5.19. The Labute approximate surface area is 152 Å². The Bertz CT molecular complexity index is 770. The molecule has 0 radical (unpaired) electrons. The molecule has 26 heavy (non-hydrogen) atoms. The van der Waals surface area contributed by atoms with Crippen molar-refractivity contribution in [1.82, 2.24) is 15.5 Å². The highest BCUT2D eigenvalue weighted by Crippen LogP contribution is 2.27. The highest BCUT2D eigenvalue weighted by Gasteiger charge is 2.27. The van der Waals surface area contributed by atoms with Crippen LogP contribution in [0.3, 0.4) is 0 Å². The Kier molecular flexibility index (Phi) is 5.86. The number of nitrogens with one attached hydrogen (secondary N) is 2. The quantitative estimate of drug-likeness (QED) is 0.613. The SMILES string of the molecule is C=CCNC(=O)C(=O)NC[C@@H](c1ccco1)N1CCc2ccccc2C1. The molecule has 2 aromatic rings. The summed E-state index contributed by atoms with van der Waals surface area (Å²) >= 11 is 0. The van der Waals surface area contributed by atoms with Crippen LogP contribution in [0.2, 0.25) is 0 Å². The second kappa shape index (κ2) is 8.49. The Balaban J connectivity index is 1.68. The molecule has 2 N–H and O–H groups in total. The Hall–Kier alpha value is -2.86. The van der Waals surface area contributed by atoms with Gasteiger partial charge in [-0.15, -0.1) is 6.58 Å². The molecule has 0 spiro atoms. The predicted octanol–water partition coefficient (Wildman–Crippen LogP) is 1.80. The van der Waals surface area contributed by atoms with Crippen LogP contribution in [0.15, 0.2) is 59.7 Å². The lowest BCUT2D eigenvalue weighted by atomic mass is 9.98. The number of rotatable bonds is 6. The molecule has 1 aromatic heterocycles. The first kappa shape index (κ1) is 17.9. The first-order valence-corrected chi connectivity index (χ1v) is 8.70. The second-order valence-corrected chi connectivity index (χ2v) is 6.23. The Morgan fingerprint density at radius 2 is 1.92 bits per heavy atom. The maximum Gasteiger partial charge on any atom is 0.309 e. The lowest BCUT2D eigenvalue weighted by molar-refractivity contribution is -0.139. The van der Waals surface area contributed by atoms with Gasteiger partial charge in [0.1, 0.15) is 5.76 Å². The summed E-state index contributed by atoms with van der Waals surface area (Å²) in [4.78, 5) is 26.0. The largest absolute Gasteiger partial charge is 0.468 e. The van der Waals surface area contributed by atoms with Crippen molar-refractivity contribution < 1.29 is 14.0 Å². The summed E-state index contributed by atoms with van der Waals surface area (Å²) in [6, 6.07) is 12.0. The van der Waals surface area contributed by atoms with E-state index in [4.69, 9.17) is 4.42 Å². The molecule has 0 saturated heterocycles. The average molecular weight is 353 g/mol. The van der Waals surface area contributed by atoms with Crippen molar-refractivity contribution in [3.63, 3.8) is 0 Å². The molecule has 1 atom stereocenters. The summed E-state index contributed by atoms with van der Waals surface area (Å²) in [6.45, 7) is 5.72. The van der Waals surface area contributed by atoms with E-state index < -0.39 is 11.8 Å². The molecule has 1 aliphatic rings. The van der Waals surface area contributed by atoms with Crippen molar-refractivity contribution >= 4 is 11.8 Å². The predicted molar refractivity (Wildman–Crippen MR) is 98.2 cm³/mol. The molecular weight excluding hydrogens is 330 g/mol. The first-order valence-electron chi connectivity index (χ1n) is 8.70. The van der Waals surface area contributed by atoms with Crippen LogP contribution < -0.4 is 10.6 Å². The summed E-state index contributed by atoms with van der Waals surface area (Å²) in [5.74, 6) is -0.538. The zero-order chi connectivity index (χ0) is 18.4. The van der Waals surface area contributed by atoms with Crippen molar-refractivity contribution in [2.45, 2.75) is 19.0 Å². The second-order valence-electron chi connectivity index (χ2n) is 6.23. The summed E-state index contributed by atoms with van der Waals surface area (Å²) in [5.41, 5.74) is 2.64. The van der Waals surface area contributed by atoms with Crippen molar-refractivity contribution in [2.24, 2.45) is 0 Å². The fraction of sp³-hybridized carbons (Fsp3) is 0.300. The molecular formula is C20H23N3O3. The van der Waals surface area contributed by atoms with E-state index in [0.717, 1.165) is 25.3 Å². The number of carbonyl (C=O) groups excluding carboxylic acids is 2. The van der Waals surface area contributed by atoms with Crippen molar-refractivity contribution in [1.29, 1.82) is 0 Å². The third-order valence-corrected chi connectivity index (χ3v) is 4.54. The molecule has 0 saturated carbocycles. The van der Waals surface area contributed by atoms with E-state index in [-0.39, 0.29) is 12.6 Å². The average Bonchev–Trinajstić information content (AvgIpc) is 3.20. The fourth-order valence-electron chi connectivity index (χ4n) is 3.19. The molecule has 0 aliphatic carbocycles. The van der Waals surface area contributed by atoms with E-state index in [1.54, 1.807) is 6.26 Å². The molecule has 0 unspecified atom stereocenters. The van der Waals surface area contributed by atoms with Crippen LogP contribution in [-0.4, -0.2) is 36.3 Å². The van der Waals surface area contributed by atoms with Gasteiger partial charge in [0.25, 0.3) is 0 Å². The van der Waals surface area contributed by atoms with Crippen LogP contribution in [0.5, 0.6) is 0 Å². The van der Waals surface area contributed by atoms with Gasteiger partial charge in [-0.3, -0.25) is 14.5 Å². The number of nitrogens with zero attached hydrogens (tertiary/aromatic N) is 1. The zero-order valence-electron chi connectivity index (χ0n) is 14.6. The summed E-state index contributed by atoms with van der Waals surface area (Å²) in [6.07, 6.45) is 4.10. The molecule has 2 amide bonds. The molecule has 3 rings (SSSR count). The van der Waals surface area contributed by atoms with Gasteiger partial charge in [-0.25, -0.2) is 0 Å². The van der Waals surface area contributed by atoms with Crippen molar-refractivity contribution in [3.8, 4) is 0 Å². The van der Waals surface area contributed by atoms with Crippen molar-refractivity contribution in [3.05, 3.63) is 72.2 Å². The van der Waals surface area contributed by atoms with Gasteiger partial charge in [0.05, 0.1) is 12.3 Å². The number of amides is 2. The number of fused-ring (bicyclic) bond motifs is 1. The van der Waals surface area contributed by atoms with E-state index in [2.05, 4.69) is 40.3 Å². The molecule has 1 aromatic carbocycles.